The fraction of sp³-hybridized carbons (Fsp3) is 0.118. The summed E-state index contributed by atoms with van der Waals surface area (Å²) in [6, 6.07) is 7.87. The fourth-order valence-corrected chi connectivity index (χ4v) is 2.65. The smallest absolute Gasteiger partial charge is 0.395 e. The van der Waals surface area contributed by atoms with Crippen LogP contribution >= 0.6 is 0 Å². The van der Waals surface area contributed by atoms with Crippen molar-refractivity contribution in [2.45, 2.75) is 12.5 Å². The number of halogens is 2. The van der Waals surface area contributed by atoms with E-state index in [-0.39, 0.29) is 28.7 Å². The number of benzene rings is 1. The lowest BCUT2D eigenvalue weighted by atomic mass is 10.2. The van der Waals surface area contributed by atoms with E-state index in [4.69, 9.17) is 5.73 Å². The molecule has 0 bridgehead atoms. The highest BCUT2D eigenvalue weighted by Gasteiger charge is 2.45. The molecule has 4 rings (SSSR count). The first-order chi connectivity index (χ1) is 12.9. The molecule has 3 heterocycles. The summed E-state index contributed by atoms with van der Waals surface area (Å²) in [5.41, 5.74) is 7.28. The summed E-state index contributed by atoms with van der Waals surface area (Å²) in [5.74, 6) is -0.276. The predicted octanol–water partition coefficient (Wildman–Crippen LogP) is 1.33. The Morgan fingerprint density at radius 1 is 1.15 bits per heavy atom. The molecule has 1 atom stereocenters. The zero-order chi connectivity index (χ0) is 19.0. The van der Waals surface area contributed by atoms with Crippen LogP contribution in [0.4, 0.5) is 20.3 Å². The fourth-order valence-electron chi connectivity index (χ4n) is 2.65. The van der Waals surface area contributed by atoms with Crippen molar-refractivity contribution in [3.63, 3.8) is 0 Å². The maximum Gasteiger partial charge on any atom is 0.586 e. The Morgan fingerprint density at radius 2 is 2.00 bits per heavy atom. The Bertz CT molecular complexity index is 988. The number of aromatic nitrogens is 3. The molecule has 8 nitrogen and oxygen atoms in total. The van der Waals surface area contributed by atoms with Crippen molar-refractivity contribution in [3.05, 3.63) is 54.6 Å². The van der Waals surface area contributed by atoms with Crippen LogP contribution in [0.2, 0.25) is 0 Å². The minimum atomic E-state index is -3.75. The van der Waals surface area contributed by atoms with E-state index < -0.39 is 12.5 Å². The van der Waals surface area contributed by atoms with Crippen LogP contribution < -0.4 is 20.5 Å². The van der Waals surface area contributed by atoms with Crippen LogP contribution in [0.3, 0.4) is 0 Å². The van der Waals surface area contributed by atoms with Gasteiger partial charge < -0.3 is 20.3 Å². The Hall–Kier alpha value is -3.37. The van der Waals surface area contributed by atoms with Crippen LogP contribution in [0, 0.1) is 0 Å². The van der Waals surface area contributed by atoms with E-state index in [0.29, 0.717) is 11.3 Å². The number of aliphatic hydroxyl groups excluding tert-OH is 1. The number of aliphatic hydroxyl groups is 1. The summed E-state index contributed by atoms with van der Waals surface area (Å²) in [5, 5.41) is 11.8. The number of alkyl halides is 2. The molecule has 2 aromatic heterocycles. The van der Waals surface area contributed by atoms with Gasteiger partial charge >= 0.3 is 6.29 Å². The van der Waals surface area contributed by atoms with E-state index in [1.807, 2.05) is 0 Å². The molecule has 10 heteroatoms. The van der Waals surface area contributed by atoms with Gasteiger partial charge in [-0.1, -0.05) is 6.07 Å². The van der Waals surface area contributed by atoms with Crippen LogP contribution in [-0.4, -0.2) is 26.4 Å². The van der Waals surface area contributed by atoms with Crippen molar-refractivity contribution >= 4 is 11.5 Å². The molecule has 1 aliphatic heterocycles. The molecule has 3 aromatic rings. The van der Waals surface area contributed by atoms with E-state index >= 15 is 0 Å². The summed E-state index contributed by atoms with van der Waals surface area (Å²) in [6.45, 7) is 0. The van der Waals surface area contributed by atoms with Crippen molar-refractivity contribution < 1.29 is 28.7 Å². The van der Waals surface area contributed by atoms with Crippen LogP contribution in [-0.2, 0) is 0 Å². The highest BCUT2D eigenvalue weighted by Crippen LogP contribution is 2.44. The van der Waals surface area contributed by atoms with Crippen LogP contribution in [0.1, 0.15) is 11.9 Å². The van der Waals surface area contributed by atoms with Crippen molar-refractivity contribution in [1.82, 2.24) is 15.0 Å². The highest BCUT2D eigenvalue weighted by molar-refractivity contribution is 5.59. The monoisotopic (exact) mass is 374 g/mol. The summed E-state index contributed by atoms with van der Waals surface area (Å²) >= 11 is 0. The number of nitrogen functional groups attached to an aromatic ring is 1. The Kier molecular flexibility index (Phi) is 4.05. The Morgan fingerprint density at radius 3 is 2.78 bits per heavy atom. The molecular weight excluding hydrogens is 360 g/mol. The molecule has 1 unspecified atom stereocenters. The number of rotatable bonds is 4. The molecule has 138 valence electrons. The average Bonchev–Trinajstić information content (AvgIpc) is 2.98. The molecule has 0 radical (unpaired) electrons. The number of hydrogen-bond donors (Lipinski definition) is 3. The Labute approximate surface area is 151 Å². The third kappa shape index (κ3) is 3.35. The number of para-hydroxylation sites is 1. The second-order valence-corrected chi connectivity index (χ2v) is 5.72. The van der Waals surface area contributed by atoms with E-state index in [2.05, 4.69) is 24.4 Å². The van der Waals surface area contributed by atoms with Gasteiger partial charge in [-0.05, 0) is 18.2 Å². The second-order valence-electron chi connectivity index (χ2n) is 5.72. The molecular formula is C17H14F2N5O3+. The van der Waals surface area contributed by atoms with Gasteiger partial charge in [0.15, 0.2) is 22.9 Å². The molecule has 5 N–H and O–H groups in total. The number of ether oxygens (including phenoxy) is 2. The molecule has 0 amide bonds. The molecule has 1 aliphatic rings. The van der Waals surface area contributed by atoms with Crippen molar-refractivity contribution in [3.8, 4) is 22.8 Å². The van der Waals surface area contributed by atoms with E-state index in [0.717, 1.165) is 0 Å². The summed E-state index contributed by atoms with van der Waals surface area (Å²) in [4.78, 5) is 12.4. The summed E-state index contributed by atoms with van der Waals surface area (Å²) in [6.07, 6.45) is -0.391. The number of nitrogens with zero attached hydrogens (tertiary/aromatic N) is 3. The minimum absolute atomic E-state index is 0.0152. The minimum Gasteiger partial charge on any atom is -0.395 e. The molecule has 0 saturated heterocycles. The van der Waals surface area contributed by atoms with Crippen molar-refractivity contribution in [2.24, 2.45) is 0 Å². The van der Waals surface area contributed by atoms with Gasteiger partial charge in [0.1, 0.15) is 0 Å². The third-order valence-corrected chi connectivity index (χ3v) is 3.86. The summed E-state index contributed by atoms with van der Waals surface area (Å²) in [7, 11) is 0. The first-order valence-corrected chi connectivity index (χ1v) is 7.87. The highest BCUT2D eigenvalue weighted by atomic mass is 19.3. The van der Waals surface area contributed by atoms with E-state index in [1.54, 1.807) is 24.5 Å². The van der Waals surface area contributed by atoms with E-state index in [9.17, 15) is 13.9 Å². The average molecular weight is 374 g/mol. The molecule has 1 aromatic carbocycles. The third-order valence-electron chi connectivity index (χ3n) is 3.86. The normalized spacial score (nSPS) is 15.5. The topological polar surface area (TPSA) is 120 Å². The molecule has 0 spiro atoms. The van der Waals surface area contributed by atoms with Gasteiger partial charge in [-0.3, -0.25) is 10.3 Å². The molecule has 0 aliphatic carbocycles. The standard InChI is InChI=1S/C17H13F2N5O3/c18-17(19)26-12-5-1-4-10(14(12)27-17)24-16(25)13-15(20)22-8-11(23-13)9-3-2-6-21-7-9/h1-8,16,24-25H,(H2,20,22)/p+1. The Balaban J connectivity index is 1.64. The van der Waals surface area contributed by atoms with E-state index in [1.165, 1.54) is 29.7 Å². The SMILES string of the molecule is Nc1ncc(-c2cccnc2)nc1C(O)[NH2+]c1cccc2c1OC(F)(F)O2. The molecule has 0 fully saturated rings. The van der Waals surface area contributed by atoms with Crippen LogP contribution in [0.15, 0.2) is 48.9 Å². The number of nitrogens with two attached hydrogens (primary N) is 2. The van der Waals surface area contributed by atoms with Crippen LogP contribution in [0.25, 0.3) is 11.3 Å². The predicted molar refractivity (Wildman–Crippen MR) is 88.9 cm³/mol. The zero-order valence-corrected chi connectivity index (χ0v) is 13.7. The zero-order valence-electron chi connectivity index (χ0n) is 13.7. The lowest BCUT2D eigenvalue weighted by molar-refractivity contribution is -0.662. The molecule has 0 saturated carbocycles. The summed E-state index contributed by atoms with van der Waals surface area (Å²) < 4.78 is 35.5. The first-order valence-electron chi connectivity index (χ1n) is 7.87. The largest absolute Gasteiger partial charge is 0.586 e. The molecule has 27 heavy (non-hydrogen) atoms. The second kappa shape index (κ2) is 6.41. The van der Waals surface area contributed by atoms with Gasteiger partial charge in [0.25, 0.3) is 0 Å². The number of hydrogen-bond acceptors (Lipinski definition) is 7. The van der Waals surface area contributed by atoms with Gasteiger partial charge in [0.05, 0.1) is 11.9 Å². The lowest BCUT2D eigenvalue weighted by Gasteiger charge is -2.13. The van der Waals surface area contributed by atoms with Gasteiger partial charge in [-0.25, -0.2) is 9.97 Å². The number of quaternary nitrogens is 1. The number of pyridine rings is 1. The van der Waals surface area contributed by atoms with Crippen molar-refractivity contribution in [2.75, 3.05) is 5.73 Å². The maximum atomic E-state index is 13.3. The lowest BCUT2D eigenvalue weighted by Crippen LogP contribution is -2.79. The first kappa shape index (κ1) is 17.1. The van der Waals surface area contributed by atoms with Crippen molar-refractivity contribution in [1.29, 1.82) is 0 Å². The van der Waals surface area contributed by atoms with Gasteiger partial charge in [0, 0.05) is 24.0 Å². The van der Waals surface area contributed by atoms with Gasteiger partial charge in [-0.2, -0.15) is 0 Å². The van der Waals surface area contributed by atoms with Gasteiger partial charge in [-0.15, -0.1) is 8.78 Å². The quantitative estimate of drug-likeness (QED) is 0.465. The maximum absolute atomic E-state index is 13.3. The van der Waals surface area contributed by atoms with Crippen LogP contribution in [0.5, 0.6) is 11.5 Å². The number of fused-ring (bicyclic) bond motifs is 1. The number of anilines is 1. The van der Waals surface area contributed by atoms with Gasteiger partial charge in [0.2, 0.25) is 12.0 Å².